The molecular formula is C48H37N. The van der Waals surface area contributed by atoms with E-state index < -0.39 is 0 Å². The molecule has 234 valence electrons. The van der Waals surface area contributed by atoms with Gasteiger partial charge in [-0.15, -0.1) is 0 Å². The lowest BCUT2D eigenvalue weighted by molar-refractivity contribution is 0.601. The maximum atomic E-state index is 2.53. The van der Waals surface area contributed by atoms with Crippen LogP contribution in [0.5, 0.6) is 0 Å². The van der Waals surface area contributed by atoms with E-state index >= 15 is 0 Å². The van der Waals surface area contributed by atoms with Crippen LogP contribution in [0, 0.1) is 0 Å². The van der Waals surface area contributed by atoms with Gasteiger partial charge in [-0.05, 0) is 85.5 Å². The minimum Gasteiger partial charge on any atom is -0.309 e. The lowest BCUT2D eigenvalue weighted by Crippen LogP contribution is -2.24. The average molecular weight is 628 g/mol. The highest BCUT2D eigenvalue weighted by molar-refractivity contribution is 6.10. The molecule has 0 saturated carbocycles. The van der Waals surface area contributed by atoms with Gasteiger partial charge in [0.2, 0.25) is 0 Å². The Balaban J connectivity index is 1.33. The third-order valence-electron chi connectivity index (χ3n) is 11.6. The van der Waals surface area contributed by atoms with Gasteiger partial charge in [0.15, 0.2) is 0 Å². The Hall–Kier alpha value is -5.66. The van der Waals surface area contributed by atoms with Crippen molar-refractivity contribution in [2.45, 2.75) is 38.5 Å². The molecule has 0 amide bonds. The number of rotatable bonds is 3. The van der Waals surface area contributed by atoms with Crippen molar-refractivity contribution in [3.8, 4) is 50.2 Å². The van der Waals surface area contributed by atoms with Gasteiger partial charge in [-0.2, -0.15) is 0 Å². The summed E-state index contributed by atoms with van der Waals surface area (Å²) < 4.78 is 2.52. The Morgan fingerprint density at radius 1 is 0.367 bits per heavy atom. The van der Waals surface area contributed by atoms with Crippen LogP contribution in [0.2, 0.25) is 0 Å². The normalized spacial score (nSPS) is 14.9. The van der Waals surface area contributed by atoms with E-state index in [1.54, 1.807) is 0 Å². The van der Waals surface area contributed by atoms with Crippen molar-refractivity contribution < 1.29 is 0 Å². The highest BCUT2D eigenvalue weighted by Crippen LogP contribution is 2.60. The quantitative estimate of drug-likeness (QED) is 0.184. The number of benzene rings is 7. The summed E-state index contributed by atoms with van der Waals surface area (Å²) in [6, 6.07) is 56.4. The van der Waals surface area contributed by atoms with Gasteiger partial charge in [0.05, 0.1) is 16.7 Å². The van der Waals surface area contributed by atoms with Gasteiger partial charge >= 0.3 is 0 Å². The standard InChI is InChI=1S/C48H37N/c1-47(2)40-23-13-10-20-33(40)36-26-27-37-38-28-39(32-19-9-8-18-31(32)30-16-6-5-7-17-30)44(29-41(38)48(3,4)46(37)45(36)47)49-42-24-14-11-21-34(42)35-22-12-15-25-43(35)49/h5-29H,1-4H3. The van der Waals surface area contributed by atoms with Crippen LogP contribution in [0.1, 0.15) is 49.9 Å². The van der Waals surface area contributed by atoms with Crippen LogP contribution in [0.25, 0.3) is 72.0 Å². The molecule has 1 nitrogen and oxygen atoms in total. The molecular weight excluding hydrogens is 591 g/mol. The summed E-state index contributed by atoms with van der Waals surface area (Å²) in [5.74, 6) is 0. The van der Waals surface area contributed by atoms with Crippen LogP contribution in [-0.4, -0.2) is 4.57 Å². The molecule has 0 saturated heterocycles. The fraction of sp³-hybridized carbons (Fsp3) is 0.125. The van der Waals surface area contributed by atoms with Gasteiger partial charge in [0.25, 0.3) is 0 Å². The summed E-state index contributed by atoms with van der Waals surface area (Å²) in [6.45, 7) is 9.73. The van der Waals surface area contributed by atoms with E-state index in [2.05, 4.69) is 184 Å². The second kappa shape index (κ2) is 9.94. The predicted molar refractivity (Wildman–Crippen MR) is 207 cm³/mol. The molecule has 7 aromatic carbocycles. The van der Waals surface area contributed by atoms with E-state index in [0.717, 1.165) is 0 Å². The lowest BCUT2D eigenvalue weighted by atomic mass is 9.72. The van der Waals surface area contributed by atoms with Crippen molar-refractivity contribution in [2.75, 3.05) is 0 Å². The molecule has 0 atom stereocenters. The fourth-order valence-electron chi connectivity index (χ4n) is 9.38. The molecule has 8 aromatic rings. The first-order chi connectivity index (χ1) is 23.9. The number of fused-ring (bicyclic) bond motifs is 10. The molecule has 0 N–H and O–H groups in total. The summed E-state index contributed by atoms with van der Waals surface area (Å²) in [4.78, 5) is 0. The van der Waals surface area contributed by atoms with Crippen LogP contribution in [-0.2, 0) is 10.8 Å². The minimum atomic E-state index is -0.194. The maximum absolute atomic E-state index is 2.53. The molecule has 0 spiro atoms. The first-order valence-corrected chi connectivity index (χ1v) is 17.5. The molecule has 1 heteroatoms. The van der Waals surface area contributed by atoms with Crippen LogP contribution in [0.15, 0.2) is 152 Å². The van der Waals surface area contributed by atoms with E-state index in [1.807, 2.05) is 0 Å². The number of para-hydroxylation sites is 2. The minimum absolute atomic E-state index is 0.0883. The number of aromatic nitrogens is 1. The highest BCUT2D eigenvalue weighted by Gasteiger charge is 2.46. The monoisotopic (exact) mass is 627 g/mol. The summed E-state index contributed by atoms with van der Waals surface area (Å²) in [5, 5.41) is 2.56. The zero-order chi connectivity index (χ0) is 33.1. The van der Waals surface area contributed by atoms with Crippen LogP contribution >= 0.6 is 0 Å². The first kappa shape index (κ1) is 28.4. The largest absolute Gasteiger partial charge is 0.309 e. The maximum Gasteiger partial charge on any atom is 0.0544 e. The predicted octanol–water partition coefficient (Wildman–Crippen LogP) is 12.7. The fourth-order valence-corrected chi connectivity index (χ4v) is 9.38. The molecule has 1 aromatic heterocycles. The topological polar surface area (TPSA) is 4.93 Å². The SMILES string of the molecule is CC1(C)c2ccccc2-c2ccc3c(c21)C(C)(C)c1cc(-n2c4ccccc4c4ccccc42)c(-c2ccccc2-c2ccccc2)cc1-3. The summed E-state index contributed by atoms with van der Waals surface area (Å²) >= 11 is 0. The Morgan fingerprint density at radius 3 is 1.55 bits per heavy atom. The van der Waals surface area contributed by atoms with Crippen LogP contribution in [0.4, 0.5) is 0 Å². The molecule has 0 fully saturated rings. The second-order valence-electron chi connectivity index (χ2n) is 14.9. The van der Waals surface area contributed by atoms with Crippen molar-refractivity contribution in [1.29, 1.82) is 0 Å². The zero-order valence-electron chi connectivity index (χ0n) is 28.4. The van der Waals surface area contributed by atoms with Crippen molar-refractivity contribution in [3.05, 3.63) is 174 Å². The molecule has 0 aliphatic heterocycles. The number of hydrogen-bond acceptors (Lipinski definition) is 0. The molecule has 0 radical (unpaired) electrons. The molecule has 0 bridgehead atoms. The van der Waals surface area contributed by atoms with E-state index in [0.29, 0.717) is 0 Å². The Morgan fingerprint density at radius 2 is 0.878 bits per heavy atom. The first-order valence-electron chi connectivity index (χ1n) is 17.5. The van der Waals surface area contributed by atoms with Crippen LogP contribution in [0.3, 0.4) is 0 Å². The average Bonchev–Trinajstić information content (AvgIpc) is 3.68. The van der Waals surface area contributed by atoms with Crippen molar-refractivity contribution in [2.24, 2.45) is 0 Å². The van der Waals surface area contributed by atoms with Crippen molar-refractivity contribution >= 4 is 21.8 Å². The zero-order valence-corrected chi connectivity index (χ0v) is 28.4. The van der Waals surface area contributed by atoms with Crippen LogP contribution < -0.4 is 0 Å². The molecule has 2 aliphatic carbocycles. The van der Waals surface area contributed by atoms with E-state index in [4.69, 9.17) is 0 Å². The van der Waals surface area contributed by atoms with Gasteiger partial charge < -0.3 is 4.57 Å². The molecule has 1 heterocycles. The highest BCUT2D eigenvalue weighted by atomic mass is 15.0. The second-order valence-corrected chi connectivity index (χ2v) is 14.9. The Bertz CT molecular complexity index is 2590. The van der Waals surface area contributed by atoms with E-state index in [1.165, 1.54) is 94.3 Å². The summed E-state index contributed by atoms with van der Waals surface area (Å²) in [7, 11) is 0. The van der Waals surface area contributed by atoms with Gasteiger partial charge in [-0.25, -0.2) is 0 Å². The third kappa shape index (κ3) is 3.76. The lowest BCUT2D eigenvalue weighted by Gasteiger charge is -2.31. The number of nitrogens with zero attached hydrogens (tertiary/aromatic N) is 1. The van der Waals surface area contributed by atoms with Gasteiger partial charge in [0, 0.05) is 27.2 Å². The molecule has 10 rings (SSSR count). The smallest absolute Gasteiger partial charge is 0.0544 e. The van der Waals surface area contributed by atoms with Crippen molar-refractivity contribution in [3.63, 3.8) is 0 Å². The number of hydrogen-bond donors (Lipinski definition) is 0. The van der Waals surface area contributed by atoms with Gasteiger partial charge in [0.1, 0.15) is 0 Å². The van der Waals surface area contributed by atoms with Gasteiger partial charge in [-0.3, -0.25) is 0 Å². The molecule has 0 unspecified atom stereocenters. The molecule has 2 aliphatic rings. The van der Waals surface area contributed by atoms with E-state index in [9.17, 15) is 0 Å². The van der Waals surface area contributed by atoms with Gasteiger partial charge in [-0.1, -0.05) is 155 Å². The Labute approximate surface area is 288 Å². The Kier molecular flexibility index (Phi) is 5.75. The summed E-state index contributed by atoms with van der Waals surface area (Å²) in [6.07, 6.45) is 0. The molecule has 49 heavy (non-hydrogen) atoms. The van der Waals surface area contributed by atoms with Crippen molar-refractivity contribution in [1.82, 2.24) is 4.57 Å². The third-order valence-corrected chi connectivity index (χ3v) is 11.6. The van der Waals surface area contributed by atoms with E-state index in [-0.39, 0.29) is 10.8 Å². The summed E-state index contributed by atoms with van der Waals surface area (Å²) in [5.41, 5.74) is 19.6.